The first-order valence-corrected chi connectivity index (χ1v) is 6.14. The summed E-state index contributed by atoms with van der Waals surface area (Å²) in [5.74, 6) is 0.996. The van der Waals surface area contributed by atoms with Crippen LogP contribution in [0.25, 0.3) is 0 Å². The molecule has 0 fully saturated rings. The van der Waals surface area contributed by atoms with Crippen LogP contribution in [0, 0.1) is 6.92 Å². The van der Waals surface area contributed by atoms with E-state index in [1.165, 1.54) is 11.1 Å². The van der Waals surface area contributed by atoms with E-state index in [0.29, 0.717) is 0 Å². The first-order chi connectivity index (χ1) is 8.74. The van der Waals surface area contributed by atoms with Gasteiger partial charge in [-0.25, -0.2) is 9.97 Å². The van der Waals surface area contributed by atoms with Crippen molar-refractivity contribution in [1.82, 2.24) is 9.97 Å². The number of rotatable bonds is 1. The Bertz CT molecular complexity index is 580. The van der Waals surface area contributed by atoms with Crippen LogP contribution in [-0.4, -0.2) is 16.5 Å². The standard InChI is InChI=1S/C14H16N4/c1-10-7-14(17-9-16-10)18-6-5-12-11(8-18)3-2-4-13(12)15/h2-4,7,9H,5-6,8,15H2,1H3. The van der Waals surface area contributed by atoms with Crippen molar-refractivity contribution in [3.63, 3.8) is 0 Å². The molecule has 2 aromatic rings. The SMILES string of the molecule is Cc1cc(N2CCc3c(N)cccc3C2)ncn1. The number of anilines is 2. The number of hydrogen-bond donors (Lipinski definition) is 1. The molecule has 4 nitrogen and oxygen atoms in total. The molecule has 18 heavy (non-hydrogen) atoms. The van der Waals surface area contributed by atoms with Gasteiger partial charge in [-0.1, -0.05) is 12.1 Å². The van der Waals surface area contributed by atoms with Gasteiger partial charge in [0.2, 0.25) is 0 Å². The Kier molecular flexibility index (Phi) is 2.63. The summed E-state index contributed by atoms with van der Waals surface area (Å²) in [4.78, 5) is 10.8. The summed E-state index contributed by atoms with van der Waals surface area (Å²) in [6.45, 7) is 3.82. The molecule has 0 bridgehead atoms. The van der Waals surface area contributed by atoms with Gasteiger partial charge in [0.05, 0.1) is 0 Å². The van der Waals surface area contributed by atoms with E-state index in [4.69, 9.17) is 5.73 Å². The van der Waals surface area contributed by atoms with Crippen LogP contribution in [0.4, 0.5) is 11.5 Å². The second-order valence-corrected chi connectivity index (χ2v) is 4.67. The molecule has 0 radical (unpaired) electrons. The fourth-order valence-electron chi connectivity index (χ4n) is 2.45. The second kappa shape index (κ2) is 4.29. The van der Waals surface area contributed by atoms with Crippen molar-refractivity contribution < 1.29 is 0 Å². The molecule has 0 aliphatic carbocycles. The number of nitrogens with zero attached hydrogens (tertiary/aromatic N) is 3. The number of aromatic nitrogens is 2. The van der Waals surface area contributed by atoms with E-state index >= 15 is 0 Å². The summed E-state index contributed by atoms with van der Waals surface area (Å²) in [5, 5.41) is 0. The molecule has 1 aromatic heterocycles. The molecule has 3 rings (SSSR count). The molecule has 1 aliphatic heterocycles. The molecule has 2 N–H and O–H groups in total. The predicted molar refractivity (Wildman–Crippen MR) is 72.4 cm³/mol. The third kappa shape index (κ3) is 1.90. The van der Waals surface area contributed by atoms with Crippen LogP contribution in [-0.2, 0) is 13.0 Å². The van der Waals surface area contributed by atoms with Crippen molar-refractivity contribution in [2.75, 3.05) is 17.2 Å². The van der Waals surface area contributed by atoms with Crippen LogP contribution in [0.2, 0.25) is 0 Å². The Hall–Kier alpha value is -2.10. The first kappa shape index (κ1) is 11.0. The van der Waals surface area contributed by atoms with Gasteiger partial charge in [-0.2, -0.15) is 0 Å². The summed E-state index contributed by atoms with van der Waals surface area (Å²) in [6.07, 6.45) is 2.60. The Labute approximate surface area is 106 Å². The van der Waals surface area contributed by atoms with Gasteiger partial charge in [-0.3, -0.25) is 0 Å². The van der Waals surface area contributed by atoms with Crippen molar-refractivity contribution in [1.29, 1.82) is 0 Å². The first-order valence-electron chi connectivity index (χ1n) is 6.14. The molecule has 4 heteroatoms. The van der Waals surface area contributed by atoms with Crippen LogP contribution in [0.1, 0.15) is 16.8 Å². The minimum atomic E-state index is 0.872. The average molecular weight is 240 g/mol. The second-order valence-electron chi connectivity index (χ2n) is 4.67. The van der Waals surface area contributed by atoms with E-state index in [9.17, 15) is 0 Å². The molecule has 0 saturated heterocycles. The minimum Gasteiger partial charge on any atom is -0.398 e. The van der Waals surface area contributed by atoms with Gasteiger partial charge in [-0.05, 0) is 30.5 Å². The molecule has 0 saturated carbocycles. The van der Waals surface area contributed by atoms with Crippen molar-refractivity contribution in [2.45, 2.75) is 19.9 Å². The van der Waals surface area contributed by atoms with Crippen molar-refractivity contribution in [2.24, 2.45) is 0 Å². The molecule has 0 amide bonds. The number of fused-ring (bicyclic) bond motifs is 1. The van der Waals surface area contributed by atoms with Crippen LogP contribution in [0.5, 0.6) is 0 Å². The largest absolute Gasteiger partial charge is 0.398 e. The zero-order valence-electron chi connectivity index (χ0n) is 10.4. The number of nitrogen functional groups attached to an aromatic ring is 1. The lowest BCUT2D eigenvalue weighted by Crippen LogP contribution is -2.31. The molecule has 0 atom stereocenters. The van der Waals surface area contributed by atoms with E-state index in [2.05, 4.69) is 20.9 Å². The van der Waals surface area contributed by atoms with Crippen molar-refractivity contribution >= 4 is 11.5 Å². The lowest BCUT2D eigenvalue weighted by molar-refractivity contribution is 0.720. The molecule has 2 heterocycles. The Morgan fingerprint density at radius 3 is 3.00 bits per heavy atom. The predicted octanol–water partition coefficient (Wildman–Crippen LogP) is 1.93. The third-order valence-corrected chi connectivity index (χ3v) is 3.42. The molecular formula is C14H16N4. The van der Waals surface area contributed by atoms with Crippen LogP contribution in [0.15, 0.2) is 30.6 Å². The molecular weight excluding hydrogens is 224 g/mol. The Morgan fingerprint density at radius 2 is 2.17 bits per heavy atom. The maximum atomic E-state index is 6.01. The lowest BCUT2D eigenvalue weighted by atomic mass is 9.98. The summed E-state index contributed by atoms with van der Waals surface area (Å²) >= 11 is 0. The van der Waals surface area contributed by atoms with Gasteiger partial charge >= 0.3 is 0 Å². The monoisotopic (exact) mass is 240 g/mol. The molecule has 1 aliphatic rings. The van der Waals surface area contributed by atoms with Crippen molar-refractivity contribution in [3.8, 4) is 0 Å². The van der Waals surface area contributed by atoms with Crippen LogP contribution in [0.3, 0.4) is 0 Å². The summed E-state index contributed by atoms with van der Waals surface area (Å²) < 4.78 is 0. The maximum absolute atomic E-state index is 6.01. The highest BCUT2D eigenvalue weighted by Crippen LogP contribution is 2.26. The fraction of sp³-hybridized carbons (Fsp3) is 0.286. The highest BCUT2D eigenvalue weighted by Gasteiger charge is 2.18. The van der Waals surface area contributed by atoms with Gasteiger partial charge < -0.3 is 10.6 Å². The maximum Gasteiger partial charge on any atom is 0.132 e. The number of aryl methyl sites for hydroxylation is 1. The normalized spacial score (nSPS) is 14.4. The smallest absolute Gasteiger partial charge is 0.132 e. The van der Waals surface area contributed by atoms with Crippen LogP contribution >= 0.6 is 0 Å². The van der Waals surface area contributed by atoms with Crippen molar-refractivity contribution in [3.05, 3.63) is 47.4 Å². The minimum absolute atomic E-state index is 0.872. The highest BCUT2D eigenvalue weighted by atomic mass is 15.2. The molecule has 0 spiro atoms. The van der Waals surface area contributed by atoms with E-state index in [1.807, 2.05) is 25.1 Å². The van der Waals surface area contributed by atoms with Crippen LogP contribution < -0.4 is 10.6 Å². The number of hydrogen-bond acceptors (Lipinski definition) is 4. The highest BCUT2D eigenvalue weighted by molar-refractivity contribution is 5.55. The quantitative estimate of drug-likeness (QED) is 0.774. The van der Waals surface area contributed by atoms with Gasteiger partial charge in [0.15, 0.2) is 0 Å². The van der Waals surface area contributed by atoms with E-state index in [1.54, 1.807) is 6.33 Å². The zero-order chi connectivity index (χ0) is 12.5. The van der Waals surface area contributed by atoms with Gasteiger partial charge in [0.1, 0.15) is 12.1 Å². The van der Waals surface area contributed by atoms with Gasteiger partial charge in [0.25, 0.3) is 0 Å². The average Bonchev–Trinajstić information content (AvgIpc) is 2.39. The molecule has 1 aromatic carbocycles. The summed E-state index contributed by atoms with van der Waals surface area (Å²) in [7, 11) is 0. The Morgan fingerprint density at radius 1 is 1.28 bits per heavy atom. The lowest BCUT2D eigenvalue weighted by Gasteiger charge is -2.30. The van der Waals surface area contributed by atoms with E-state index in [-0.39, 0.29) is 0 Å². The molecule has 0 unspecified atom stereocenters. The fourth-order valence-corrected chi connectivity index (χ4v) is 2.45. The number of nitrogens with two attached hydrogens (primary N) is 1. The molecule has 92 valence electrons. The summed E-state index contributed by atoms with van der Waals surface area (Å²) in [6, 6.07) is 8.16. The summed E-state index contributed by atoms with van der Waals surface area (Å²) in [5.41, 5.74) is 10.5. The third-order valence-electron chi connectivity index (χ3n) is 3.42. The Balaban J connectivity index is 1.91. The topological polar surface area (TPSA) is 55.0 Å². The van der Waals surface area contributed by atoms with E-state index < -0.39 is 0 Å². The number of benzene rings is 1. The van der Waals surface area contributed by atoms with Gasteiger partial charge in [0, 0.05) is 30.5 Å². The van der Waals surface area contributed by atoms with E-state index in [0.717, 1.165) is 36.7 Å². The van der Waals surface area contributed by atoms with Gasteiger partial charge in [-0.15, -0.1) is 0 Å². The zero-order valence-corrected chi connectivity index (χ0v) is 10.4.